The normalized spacial score (nSPS) is 20.2. The van der Waals surface area contributed by atoms with Gasteiger partial charge in [0.25, 0.3) is 0 Å². The molecule has 0 N–H and O–H groups in total. The van der Waals surface area contributed by atoms with Crippen LogP contribution in [0.3, 0.4) is 0 Å². The largest absolute Gasteiger partial charge is 0.0839 e. The Hall–Kier alpha value is -0.300. The summed E-state index contributed by atoms with van der Waals surface area (Å²) in [6.45, 7) is 4.61. The van der Waals surface area contributed by atoms with E-state index in [4.69, 9.17) is 0 Å². The molecule has 0 amide bonds. The Labute approximate surface area is 127 Å². The molecule has 1 aliphatic rings. The highest BCUT2D eigenvalue weighted by Gasteiger charge is 2.16. The number of hydrogen-bond donors (Lipinski definition) is 0. The number of hydrogen-bond acceptors (Lipinski definition) is 0. The first kappa shape index (κ1) is 15.1. The van der Waals surface area contributed by atoms with Crippen LogP contribution in [-0.4, -0.2) is 0 Å². The molecule has 0 heterocycles. The Morgan fingerprint density at radius 2 is 1.74 bits per heavy atom. The molecule has 0 saturated heterocycles. The molecule has 0 radical (unpaired) electrons. The fraction of sp³-hybridized carbons (Fsp3) is 0.667. The zero-order chi connectivity index (χ0) is 13.7. The van der Waals surface area contributed by atoms with Gasteiger partial charge >= 0.3 is 0 Å². The molecule has 1 aliphatic carbocycles. The molecule has 1 fully saturated rings. The second kappa shape index (κ2) is 7.47. The van der Waals surface area contributed by atoms with Gasteiger partial charge in [-0.05, 0) is 42.2 Å². The highest BCUT2D eigenvalue weighted by Crippen LogP contribution is 2.35. The predicted octanol–water partition coefficient (Wildman–Crippen LogP) is 6.61. The SMILES string of the molecule is CCC(C)CC(Br)c1ccc(C2CCCCC2)cc1. The maximum absolute atomic E-state index is 3.85. The lowest BCUT2D eigenvalue weighted by Gasteiger charge is -2.22. The zero-order valence-electron chi connectivity index (χ0n) is 12.4. The molecule has 106 valence electrons. The van der Waals surface area contributed by atoms with Crippen molar-refractivity contribution in [2.45, 2.75) is 69.5 Å². The van der Waals surface area contributed by atoms with Gasteiger partial charge in [0.1, 0.15) is 0 Å². The van der Waals surface area contributed by atoms with Gasteiger partial charge in [-0.25, -0.2) is 0 Å². The van der Waals surface area contributed by atoms with Crippen molar-refractivity contribution < 1.29 is 0 Å². The smallest absolute Gasteiger partial charge is 0.0397 e. The van der Waals surface area contributed by atoms with E-state index in [1.54, 1.807) is 5.56 Å². The zero-order valence-corrected chi connectivity index (χ0v) is 14.0. The molecular formula is C18H27Br. The van der Waals surface area contributed by atoms with Gasteiger partial charge in [0.15, 0.2) is 0 Å². The lowest BCUT2D eigenvalue weighted by Crippen LogP contribution is -2.05. The van der Waals surface area contributed by atoms with Crippen molar-refractivity contribution >= 4 is 15.9 Å². The minimum absolute atomic E-state index is 0.517. The molecule has 0 aromatic heterocycles. The van der Waals surface area contributed by atoms with E-state index in [0.29, 0.717) is 4.83 Å². The highest BCUT2D eigenvalue weighted by atomic mass is 79.9. The predicted molar refractivity (Wildman–Crippen MR) is 88.0 cm³/mol. The van der Waals surface area contributed by atoms with Crippen LogP contribution in [0.25, 0.3) is 0 Å². The molecular weight excluding hydrogens is 296 g/mol. The molecule has 1 aromatic rings. The van der Waals surface area contributed by atoms with Gasteiger partial charge in [0.2, 0.25) is 0 Å². The van der Waals surface area contributed by atoms with Gasteiger partial charge in [0.05, 0.1) is 0 Å². The summed E-state index contributed by atoms with van der Waals surface area (Å²) in [6.07, 6.45) is 9.56. The quantitative estimate of drug-likeness (QED) is 0.535. The molecule has 1 saturated carbocycles. The summed E-state index contributed by atoms with van der Waals surface area (Å²) in [5.74, 6) is 1.62. The van der Waals surface area contributed by atoms with Crippen LogP contribution >= 0.6 is 15.9 Å². The Kier molecular flexibility index (Phi) is 5.94. The second-order valence-electron chi connectivity index (χ2n) is 6.22. The third-order valence-electron chi connectivity index (χ3n) is 4.68. The highest BCUT2D eigenvalue weighted by molar-refractivity contribution is 9.09. The molecule has 0 spiro atoms. The van der Waals surface area contributed by atoms with E-state index in [2.05, 4.69) is 54.0 Å². The maximum Gasteiger partial charge on any atom is 0.0397 e. The molecule has 0 aliphatic heterocycles. The third-order valence-corrected chi connectivity index (χ3v) is 5.58. The van der Waals surface area contributed by atoms with Crippen LogP contribution in [0.2, 0.25) is 0 Å². The van der Waals surface area contributed by atoms with Crippen molar-refractivity contribution in [1.29, 1.82) is 0 Å². The average Bonchev–Trinajstić information content (AvgIpc) is 2.48. The van der Waals surface area contributed by atoms with Gasteiger partial charge < -0.3 is 0 Å². The molecule has 2 rings (SSSR count). The molecule has 2 unspecified atom stereocenters. The van der Waals surface area contributed by atoms with E-state index in [9.17, 15) is 0 Å². The summed E-state index contributed by atoms with van der Waals surface area (Å²) < 4.78 is 0. The van der Waals surface area contributed by atoms with Crippen molar-refractivity contribution in [2.75, 3.05) is 0 Å². The maximum atomic E-state index is 3.85. The third kappa shape index (κ3) is 4.34. The minimum atomic E-state index is 0.517. The summed E-state index contributed by atoms with van der Waals surface area (Å²) in [4.78, 5) is 0.517. The first-order valence-electron chi connectivity index (χ1n) is 7.94. The second-order valence-corrected chi connectivity index (χ2v) is 7.32. The van der Waals surface area contributed by atoms with Crippen LogP contribution < -0.4 is 0 Å². The number of benzene rings is 1. The van der Waals surface area contributed by atoms with E-state index >= 15 is 0 Å². The van der Waals surface area contributed by atoms with Crippen LogP contribution in [0.4, 0.5) is 0 Å². The molecule has 19 heavy (non-hydrogen) atoms. The van der Waals surface area contributed by atoms with Gasteiger partial charge in [-0.1, -0.05) is 79.7 Å². The minimum Gasteiger partial charge on any atom is -0.0839 e. The summed E-state index contributed by atoms with van der Waals surface area (Å²) >= 11 is 3.85. The lowest BCUT2D eigenvalue weighted by atomic mass is 9.84. The van der Waals surface area contributed by atoms with Gasteiger partial charge in [-0.2, -0.15) is 0 Å². The average molecular weight is 323 g/mol. The summed E-state index contributed by atoms with van der Waals surface area (Å²) in [5, 5.41) is 0. The van der Waals surface area contributed by atoms with E-state index in [0.717, 1.165) is 11.8 Å². The van der Waals surface area contributed by atoms with Crippen LogP contribution in [0.5, 0.6) is 0 Å². The summed E-state index contributed by atoms with van der Waals surface area (Å²) in [5.41, 5.74) is 3.01. The van der Waals surface area contributed by atoms with Crippen molar-refractivity contribution in [3.05, 3.63) is 35.4 Å². The Morgan fingerprint density at radius 3 is 2.32 bits per heavy atom. The Bertz CT molecular complexity index is 362. The summed E-state index contributed by atoms with van der Waals surface area (Å²) in [7, 11) is 0. The lowest BCUT2D eigenvalue weighted by molar-refractivity contribution is 0.443. The summed E-state index contributed by atoms with van der Waals surface area (Å²) in [6, 6.07) is 9.42. The standard InChI is InChI=1S/C18H27Br/c1-3-14(2)13-18(19)17-11-9-16(10-12-17)15-7-5-4-6-8-15/h9-12,14-15,18H,3-8,13H2,1-2H3. The van der Waals surface area contributed by atoms with Crippen molar-refractivity contribution in [3.63, 3.8) is 0 Å². The van der Waals surface area contributed by atoms with E-state index < -0.39 is 0 Å². The van der Waals surface area contributed by atoms with Gasteiger partial charge in [-0.15, -0.1) is 0 Å². The fourth-order valence-corrected chi connectivity index (χ4v) is 4.01. The number of halogens is 1. The monoisotopic (exact) mass is 322 g/mol. The van der Waals surface area contributed by atoms with Crippen molar-refractivity contribution in [2.24, 2.45) is 5.92 Å². The van der Waals surface area contributed by atoms with Gasteiger partial charge in [0, 0.05) is 4.83 Å². The fourth-order valence-electron chi connectivity index (χ4n) is 3.07. The van der Waals surface area contributed by atoms with Crippen molar-refractivity contribution in [1.82, 2.24) is 0 Å². The first-order chi connectivity index (χ1) is 9.20. The molecule has 0 nitrogen and oxygen atoms in total. The number of alkyl halides is 1. The molecule has 1 aromatic carbocycles. The number of rotatable bonds is 5. The first-order valence-corrected chi connectivity index (χ1v) is 8.86. The van der Waals surface area contributed by atoms with Crippen LogP contribution in [0.1, 0.15) is 80.7 Å². The molecule has 1 heteroatoms. The van der Waals surface area contributed by atoms with E-state index in [-0.39, 0.29) is 0 Å². The Morgan fingerprint density at radius 1 is 1.11 bits per heavy atom. The molecule has 2 atom stereocenters. The molecule has 0 bridgehead atoms. The van der Waals surface area contributed by atoms with E-state index in [1.165, 1.54) is 50.5 Å². The van der Waals surface area contributed by atoms with Gasteiger partial charge in [-0.3, -0.25) is 0 Å². The van der Waals surface area contributed by atoms with E-state index in [1.807, 2.05) is 0 Å². The van der Waals surface area contributed by atoms with Crippen LogP contribution in [0, 0.1) is 5.92 Å². The van der Waals surface area contributed by atoms with Crippen molar-refractivity contribution in [3.8, 4) is 0 Å². The topological polar surface area (TPSA) is 0 Å². The van der Waals surface area contributed by atoms with Crippen LogP contribution in [-0.2, 0) is 0 Å². The van der Waals surface area contributed by atoms with Crippen LogP contribution in [0.15, 0.2) is 24.3 Å². The Balaban J connectivity index is 1.97.